The molecule has 8 heteroatoms. The standard InChI is InChI=1S/C4H8F2O5S/c1-10-3-11-2-4(5,6)12(7,8)9/h2-3H2,1H3,(H,7,8,9)/p-1. The second kappa shape index (κ2) is 4.08. The maximum atomic E-state index is 12.2. The van der Waals surface area contributed by atoms with Crippen molar-refractivity contribution >= 4 is 10.1 Å². The van der Waals surface area contributed by atoms with Crippen LogP contribution in [0.1, 0.15) is 0 Å². The summed E-state index contributed by atoms with van der Waals surface area (Å²) in [6.07, 6.45) is 0. The summed E-state index contributed by atoms with van der Waals surface area (Å²) >= 11 is 0. The van der Waals surface area contributed by atoms with Gasteiger partial charge in [0.05, 0.1) is 0 Å². The van der Waals surface area contributed by atoms with Crippen molar-refractivity contribution in [1.29, 1.82) is 0 Å². The Morgan fingerprint density at radius 1 is 1.50 bits per heavy atom. The quantitative estimate of drug-likeness (QED) is 0.351. The van der Waals surface area contributed by atoms with E-state index in [-0.39, 0.29) is 0 Å². The Morgan fingerprint density at radius 3 is 2.33 bits per heavy atom. The van der Waals surface area contributed by atoms with Crippen LogP contribution >= 0.6 is 0 Å². The number of methoxy groups -OCH3 is 1. The predicted molar refractivity (Wildman–Crippen MR) is 32.5 cm³/mol. The summed E-state index contributed by atoms with van der Waals surface area (Å²) in [4.78, 5) is 0. The number of alkyl halides is 2. The molecule has 0 aromatic rings. The van der Waals surface area contributed by atoms with Gasteiger partial charge in [-0.3, -0.25) is 0 Å². The van der Waals surface area contributed by atoms with E-state index in [0.717, 1.165) is 0 Å². The van der Waals surface area contributed by atoms with E-state index in [1.807, 2.05) is 0 Å². The highest BCUT2D eigenvalue weighted by atomic mass is 32.2. The highest BCUT2D eigenvalue weighted by Crippen LogP contribution is 2.20. The molecule has 0 aliphatic rings. The van der Waals surface area contributed by atoms with E-state index >= 15 is 0 Å². The summed E-state index contributed by atoms with van der Waals surface area (Å²) in [5, 5.41) is -4.40. The van der Waals surface area contributed by atoms with Crippen LogP contribution in [0.15, 0.2) is 0 Å². The number of hydrogen-bond donors (Lipinski definition) is 0. The van der Waals surface area contributed by atoms with Crippen molar-refractivity contribution in [3.05, 3.63) is 0 Å². The van der Waals surface area contributed by atoms with Crippen LogP contribution in [0.25, 0.3) is 0 Å². The normalized spacial score (nSPS) is 13.3. The second-order valence-corrected chi connectivity index (χ2v) is 3.35. The van der Waals surface area contributed by atoms with Crippen LogP contribution < -0.4 is 0 Å². The Bertz CT molecular complexity index is 224. The fourth-order valence-electron chi connectivity index (χ4n) is 0.316. The van der Waals surface area contributed by atoms with Gasteiger partial charge in [0.1, 0.15) is 13.4 Å². The van der Waals surface area contributed by atoms with Crippen molar-refractivity contribution in [2.24, 2.45) is 0 Å². The first-order valence-electron chi connectivity index (χ1n) is 2.71. The zero-order valence-electron chi connectivity index (χ0n) is 6.12. The monoisotopic (exact) mass is 205 g/mol. The molecule has 0 aromatic heterocycles. The molecule has 0 fully saturated rings. The minimum Gasteiger partial charge on any atom is -0.743 e. The van der Waals surface area contributed by atoms with Gasteiger partial charge in [0.15, 0.2) is 10.1 Å². The maximum absolute atomic E-state index is 12.2. The molecule has 5 nitrogen and oxygen atoms in total. The SMILES string of the molecule is COCOCC(F)(F)S(=O)(=O)[O-]. The zero-order chi connectivity index (χ0) is 9.83. The highest BCUT2D eigenvalue weighted by Gasteiger charge is 2.37. The molecule has 0 rings (SSSR count). The van der Waals surface area contributed by atoms with E-state index in [9.17, 15) is 21.8 Å². The summed E-state index contributed by atoms with van der Waals surface area (Å²) in [6, 6.07) is 0. The van der Waals surface area contributed by atoms with E-state index in [1.165, 1.54) is 7.11 Å². The molecule has 0 radical (unpaired) electrons. The largest absolute Gasteiger partial charge is 0.743 e. The fraction of sp³-hybridized carbons (Fsp3) is 1.00. The van der Waals surface area contributed by atoms with Crippen molar-refractivity contribution in [2.75, 3.05) is 20.5 Å². The molecule has 0 amide bonds. The Morgan fingerprint density at radius 2 is 2.00 bits per heavy atom. The molecule has 0 aromatic carbocycles. The van der Waals surface area contributed by atoms with Gasteiger partial charge in [-0.2, -0.15) is 8.78 Å². The Balaban J connectivity index is 4.06. The number of ether oxygens (including phenoxy) is 2. The molecule has 0 atom stereocenters. The molecule has 0 spiro atoms. The van der Waals surface area contributed by atoms with Gasteiger partial charge < -0.3 is 14.0 Å². The smallest absolute Gasteiger partial charge is 0.357 e. The van der Waals surface area contributed by atoms with Crippen molar-refractivity contribution in [3.8, 4) is 0 Å². The minimum absolute atomic E-state index is 0.495. The van der Waals surface area contributed by atoms with Gasteiger partial charge in [0.25, 0.3) is 0 Å². The first-order valence-corrected chi connectivity index (χ1v) is 4.12. The highest BCUT2D eigenvalue weighted by molar-refractivity contribution is 7.86. The van der Waals surface area contributed by atoms with E-state index in [4.69, 9.17) is 0 Å². The van der Waals surface area contributed by atoms with Gasteiger partial charge in [-0.05, 0) is 0 Å². The van der Waals surface area contributed by atoms with Gasteiger partial charge >= 0.3 is 5.25 Å². The zero-order valence-corrected chi connectivity index (χ0v) is 6.94. The van der Waals surface area contributed by atoms with Crippen LogP contribution in [-0.2, 0) is 19.6 Å². The van der Waals surface area contributed by atoms with Crippen LogP contribution in [0.3, 0.4) is 0 Å². The molecule has 0 aliphatic heterocycles. The van der Waals surface area contributed by atoms with Gasteiger partial charge in [-0.1, -0.05) is 0 Å². The van der Waals surface area contributed by atoms with Crippen molar-refractivity contribution in [2.45, 2.75) is 5.25 Å². The summed E-state index contributed by atoms with van der Waals surface area (Å²) in [5.41, 5.74) is 0. The Kier molecular flexibility index (Phi) is 3.97. The van der Waals surface area contributed by atoms with E-state index in [0.29, 0.717) is 0 Å². The molecular weight excluding hydrogens is 198 g/mol. The third-order valence-electron chi connectivity index (χ3n) is 0.837. The average molecular weight is 205 g/mol. The van der Waals surface area contributed by atoms with Crippen LogP contribution in [0.2, 0.25) is 0 Å². The molecule has 0 unspecified atom stereocenters. The molecular formula is C4H7F2O5S-. The molecule has 0 aliphatic carbocycles. The third-order valence-corrected chi connectivity index (χ3v) is 1.69. The minimum atomic E-state index is -5.65. The van der Waals surface area contributed by atoms with E-state index < -0.39 is 28.8 Å². The summed E-state index contributed by atoms with van der Waals surface area (Å²) in [6.45, 7) is -1.99. The van der Waals surface area contributed by atoms with Crippen LogP contribution in [0.5, 0.6) is 0 Å². The third kappa shape index (κ3) is 3.39. The molecule has 74 valence electrons. The molecule has 0 saturated heterocycles. The summed E-state index contributed by atoms with van der Waals surface area (Å²) < 4.78 is 62.0. The van der Waals surface area contributed by atoms with Gasteiger partial charge in [-0.25, -0.2) is 8.42 Å². The Hall–Kier alpha value is -0.310. The summed E-state index contributed by atoms with van der Waals surface area (Å²) in [7, 11) is -4.48. The molecule has 0 saturated carbocycles. The topological polar surface area (TPSA) is 75.7 Å². The van der Waals surface area contributed by atoms with Gasteiger partial charge in [0.2, 0.25) is 0 Å². The van der Waals surface area contributed by atoms with Crippen LogP contribution in [0, 0.1) is 0 Å². The van der Waals surface area contributed by atoms with Gasteiger partial charge in [0, 0.05) is 7.11 Å². The number of rotatable bonds is 5. The lowest BCUT2D eigenvalue weighted by Gasteiger charge is -2.19. The molecule has 0 N–H and O–H groups in total. The first kappa shape index (κ1) is 11.7. The van der Waals surface area contributed by atoms with Crippen molar-refractivity contribution in [3.63, 3.8) is 0 Å². The van der Waals surface area contributed by atoms with Gasteiger partial charge in [-0.15, -0.1) is 0 Å². The average Bonchev–Trinajstić information content (AvgIpc) is 1.85. The Labute approximate surface area is 68.0 Å². The maximum Gasteiger partial charge on any atom is 0.357 e. The lowest BCUT2D eigenvalue weighted by atomic mass is 10.7. The van der Waals surface area contributed by atoms with Crippen molar-refractivity contribution < 1.29 is 31.2 Å². The fourth-order valence-corrected chi connectivity index (χ4v) is 0.544. The first-order chi connectivity index (χ1) is 5.31. The molecule has 0 bridgehead atoms. The molecule has 0 heterocycles. The van der Waals surface area contributed by atoms with Crippen LogP contribution in [-0.4, -0.2) is 38.7 Å². The number of hydrogen-bond acceptors (Lipinski definition) is 5. The van der Waals surface area contributed by atoms with Crippen LogP contribution in [0.4, 0.5) is 8.78 Å². The van der Waals surface area contributed by atoms with E-state index in [2.05, 4.69) is 9.47 Å². The summed E-state index contributed by atoms with van der Waals surface area (Å²) in [5.74, 6) is 0. The lowest BCUT2D eigenvalue weighted by Crippen LogP contribution is -2.34. The second-order valence-electron chi connectivity index (χ2n) is 1.85. The van der Waals surface area contributed by atoms with Crippen molar-refractivity contribution in [1.82, 2.24) is 0 Å². The van der Waals surface area contributed by atoms with E-state index in [1.54, 1.807) is 0 Å². The lowest BCUT2D eigenvalue weighted by molar-refractivity contribution is -0.0877. The predicted octanol–water partition coefficient (Wildman–Crippen LogP) is -0.255. The molecule has 12 heavy (non-hydrogen) atoms. The number of halogens is 2.